The van der Waals surface area contributed by atoms with Gasteiger partial charge in [0, 0.05) is 26.2 Å². The van der Waals surface area contributed by atoms with E-state index in [1.807, 2.05) is 55.1 Å². The molecule has 0 aliphatic carbocycles. The lowest BCUT2D eigenvalue weighted by Gasteiger charge is -2.39. The topological polar surface area (TPSA) is 62.7 Å². The van der Waals surface area contributed by atoms with E-state index in [2.05, 4.69) is 9.88 Å². The van der Waals surface area contributed by atoms with Gasteiger partial charge >= 0.3 is 5.97 Å². The van der Waals surface area contributed by atoms with Crippen LogP contribution in [-0.4, -0.2) is 55.0 Å². The van der Waals surface area contributed by atoms with Crippen molar-refractivity contribution in [3.05, 3.63) is 59.3 Å². The van der Waals surface area contributed by atoms with Gasteiger partial charge in [0.05, 0.1) is 23.8 Å². The zero-order valence-corrected chi connectivity index (χ0v) is 16.9. The Morgan fingerprint density at radius 2 is 1.64 bits per heavy atom. The first-order valence-corrected chi connectivity index (χ1v) is 9.50. The molecule has 0 atom stereocenters. The second-order valence-corrected chi connectivity index (χ2v) is 7.56. The standard InChI is InChI=1S/C22H27N3O3/c1-16-18(20(26)28-4)10-11-19(23-16)24-12-14-25(15-13-24)21(27)22(2,3)17-8-6-5-7-9-17/h5-11H,12-15H2,1-4H3. The molecule has 0 radical (unpaired) electrons. The van der Waals surface area contributed by atoms with E-state index in [-0.39, 0.29) is 11.9 Å². The number of carbonyl (C=O) groups excluding carboxylic acids is 2. The molecule has 1 aliphatic rings. The summed E-state index contributed by atoms with van der Waals surface area (Å²) in [5.41, 5.74) is 1.59. The van der Waals surface area contributed by atoms with E-state index in [4.69, 9.17) is 4.74 Å². The zero-order chi connectivity index (χ0) is 20.3. The number of hydrogen-bond donors (Lipinski definition) is 0. The highest BCUT2D eigenvalue weighted by molar-refractivity contribution is 5.90. The lowest BCUT2D eigenvalue weighted by Crippen LogP contribution is -2.53. The van der Waals surface area contributed by atoms with Crippen molar-refractivity contribution >= 4 is 17.7 Å². The minimum atomic E-state index is -0.555. The highest BCUT2D eigenvalue weighted by Crippen LogP contribution is 2.27. The van der Waals surface area contributed by atoms with Gasteiger partial charge in [-0.3, -0.25) is 4.79 Å². The lowest BCUT2D eigenvalue weighted by molar-refractivity contribution is -0.136. The number of methoxy groups -OCH3 is 1. The molecule has 148 valence electrons. The van der Waals surface area contributed by atoms with Gasteiger partial charge in [-0.15, -0.1) is 0 Å². The molecular weight excluding hydrogens is 354 g/mol. The van der Waals surface area contributed by atoms with Gasteiger partial charge in [0.15, 0.2) is 0 Å². The fraction of sp³-hybridized carbons (Fsp3) is 0.409. The molecule has 0 N–H and O–H groups in total. The average molecular weight is 381 g/mol. The van der Waals surface area contributed by atoms with Gasteiger partial charge < -0.3 is 14.5 Å². The number of anilines is 1. The Labute approximate surface area is 166 Å². The molecule has 0 spiro atoms. The van der Waals surface area contributed by atoms with Crippen molar-refractivity contribution in [3.63, 3.8) is 0 Å². The molecule has 0 saturated carbocycles. The fourth-order valence-corrected chi connectivity index (χ4v) is 3.56. The Morgan fingerprint density at radius 1 is 1.00 bits per heavy atom. The minimum absolute atomic E-state index is 0.142. The molecule has 0 unspecified atom stereocenters. The molecule has 28 heavy (non-hydrogen) atoms. The van der Waals surface area contributed by atoms with Crippen molar-refractivity contribution < 1.29 is 14.3 Å². The van der Waals surface area contributed by atoms with Gasteiger partial charge in [0.2, 0.25) is 5.91 Å². The van der Waals surface area contributed by atoms with E-state index in [1.165, 1.54) is 7.11 Å². The van der Waals surface area contributed by atoms with Gasteiger partial charge in [0.1, 0.15) is 5.82 Å². The van der Waals surface area contributed by atoms with Crippen LogP contribution in [0.15, 0.2) is 42.5 Å². The highest BCUT2D eigenvalue weighted by atomic mass is 16.5. The summed E-state index contributed by atoms with van der Waals surface area (Å²) in [4.78, 5) is 33.5. The van der Waals surface area contributed by atoms with Crippen LogP contribution in [0.5, 0.6) is 0 Å². The van der Waals surface area contributed by atoms with Gasteiger partial charge in [-0.25, -0.2) is 9.78 Å². The SMILES string of the molecule is COC(=O)c1ccc(N2CCN(C(=O)C(C)(C)c3ccccc3)CC2)nc1C. The summed E-state index contributed by atoms with van der Waals surface area (Å²) in [5.74, 6) is 0.582. The number of nitrogens with zero attached hydrogens (tertiary/aromatic N) is 3. The van der Waals surface area contributed by atoms with Crippen LogP contribution in [0.3, 0.4) is 0 Å². The third-order valence-electron chi connectivity index (χ3n) is 5.40. The van der Waals surface area contributed by atoms with E-state index in [0.29, 0.717) is 37.4 Å². The van der Waals surface area contributed by atoms with Gasteiger partial charge in [0.25, 0.3) is 0 Å². The molecule has 1 fully saturated rings. The van der Waals surface area contributed by atoms with Crippen LogP contribution in [0.1, 0.15) is 35.5 Å². The first-order valence-electron chi connectivity index (χ1n) is 9.50. The summed E-state index contributed by atoms with van der Waals surface area (Å²) in [6, 6.07) is 13.5. The van der Waals surface area contributed by atoms with Crippen molar-refractivity contribution in [2.75, 3.05) is 38.2 Å². The van der Waals surface area contributed by atoms with Crippen LogP contribution in [-0.2, 0) is 14.9 Å². The maximum absolute atomic E-state index is 13.1. The van der Waals surface area contributed by atoms with Crippen LogP contribution in [0.4, 0.5) is 5.82 Å². The van der Waals surface area contributed by atoms with E-state index >= 15 is 0 Å². The van der Waals surface area contributed by atoms with Crippen molar-refractivity contribution in [2.24, 2.45) is 0 Å². The van der Waals surface area contributed by atoms with Crippen LogP contribution in [0, 0.1) is 6.92 Å². The van der Waals surface area contributed by atoms with Gasteiger partial charge in [-0.2, -0.15) is 0 Å². The van der Waals surface area contributed by atoms with E-state index in [0.717, 1.165) is 11.4 Å². The van der Waals surface area contributed by atoms with Crippen LogP contribution >= 0.6 is 0 Å². The molecule has 1 aliphatic heterocycles. The van der Waals surface area contributed by atoms with Crippen molar-refractivity contribution in [1.29, 1.82) is 0 Å². The van der Waals surface area contributed by atoms with Crippen LogP contribution in [0.2, 0.25) is 0 Å². The lowest BCUT2D eigenvalue weighted by atomic mass is 9.83. The Morgan fingerprint density at radius 3 is 2.21 bits per heavy atom. The molecule has 3 rings (SSSR count). The molecule has 1 saturated heterocycles. The molecule has 1 aromatic heterocycles. The van der Waals surface area contributed by atoms with Crippen molar-refractivity contribution in [1.82, 2.24) is 9.88 Å². The summed E-state index contributed by atoms with van der Waals surface area (Å²) in [6.45, 7) is 8.48. The molecule has 6 heteroatoms. The average Bonchev–Trinajstić information content (AvgIpc) is 2.73. The quantitative estimate of drug-likeness (QED) is 0.762. The van der Waals surface area contributed by atoms with E-state index in [1.54, 1.807) is 13.0 Å². The van der Waals surface area contributed by atoms with Gasteiger partial charge in [-0.05, 0) is 38.5 Å². The molecular formula is C22H27N3O3. The number of rotatable bonds is 4. The zero-order valence-electron chi connectivity index (χ0n) is 16.9. The van der Waals surface area contributed by atoms with E-state index in [9.17, 15) is 9.59 Å². The maximum atomic E-state index is 13.1. The fourth-order valence-electron chi connectivity index (χ4n) is 3.56. The minimum Gasteiger partial charge on any atom is -0.465 e. The third-order valence-corrected chi connectivity index (χ3v) is 5.40. The van der Waals surface area contributed by atoms with Crippen LogP contribution in [0.25, 0.3) is 0 Å². The maximum Gasteiger partial charge on any atom is 0.339 e. The molecule has 6 nitrogen and oxygen atoms in total. The second kappa shape index (κ2) is 8.00. The third kappa shape index (κ3) is 3.86. The number of esters is 1. The number of aromatic nitrogens is 1. The van der Waals surface area contributed by atoms with Gasteiger partial charge in [-0.1, -0.05) is 30.3 Å². The predicted molar refractivity (Wildman–Crippen MR) is 109 cm³/mol. The summed E-state index contributed by atoms with van der Waals surface area (Å²) < 4.78 is 4.77. The largest absolute Gasteiger partial charge is 0.465 e. The number of amides is 1. The second-order valence-electron chi connectivity index (χ2n) is 7.56. The highest BCUT2D eigenvalue weighted by Gasteiger charge is 2.35. The Kier molecular flexibility index (Phi) is 5.68. The smallest absolute Gasteiger partial charge is 0.339 e. The summed E-state index contributed by atoms with van der Waals surface area (Å²) in [5, 5.41) is 0. The summed E-state index contributed by atoms with van der Waals surface area (Å²) in [7, 11) is 1.36. The number of pyridine rings is 1. The Bertz CT molecular complexity index is 857. The van der Waals surface area contributed by atoms with E-state index < -0.39 is 5.41 Å². The molecule has 2 heterocycles. The molecule has 1 aromatic carbocycles. The molecule has 2 aromatic rings. The first-order chi connectivity index (χ1) is 13.3. The van der Waals surface area contributed by atoms with Crippen molar-refractivity contribution in [3.8, 4) is 0 Å². The monoisotopic (exact) mass is 381 g/mol. The Balaban J connectivity index is 1.67. The van der Waals surface area contributed by atoms with Crippen LogP contribution < -0.4 is 4.90 Å². The molecule has 1 amide bonds. The summed E-state index contributed by atoms with van der Waals surface area (Å²) >= 11 is 0. The number of hydrogen-bond acceptors (Lipinski definition) is 5. The number of benzene rings is 1. The number of aryl methyl sites for hydroxylation is 1. The predicted octanol–water partition coefficient (Wildman–Crippen LogP) is 2.80. The first kappa shape index (κ1) is 19.9. The summed E-state index contributed by atoms with van der Waals surface area (Å²) in [6.07, 6.45) is 0. The Hall–Kier alpha value is -2.89. The normalized spacial score (nSPS) is 14.7. The number of carbonyl (C=O) groups is 2. The number of piperazine rings is 1. The van der Waals surface area contributed by atoms with Crippen molar-refractivity contribution in [2.45, 2.75) is 26.2 Å². The molecule has 0 bridgehead atoms. The number of ether oxygens (including phenoxy) is 1.